The monoisotopic (exact) mass is 329 g/mol. The van der Waals surface area contributed by atoms with Crippen LogP contribution >= 0.6 is 12.6 Å². The molecule has 0 aromatic carbocycles. The van der Waals surface area contributed by atoms with Gasteiger partial charge in [0.05, 0.1) is 18.1 Å². The highest BCUT2D eigenvalue weighted by atomic mass is 32.1. The van der Waals surface area contributed by atoms with Gasteiger partial charge in [0.2, 0.25) is 11.8 Å². The number of imidazole rings is 1. The molecule has 0 spiro atoms. The molecule has 22 heavy (non-hydrogen) atoms. The van der Waals surface area contributed by atoms with Crippen molar-refractivity contribution in [1.29, 1.82) is 0 Å². The first-order valence-electron chi connectivity index (χ1n) is 6.52. The second kappa shape index (κ2) is 8.39. The molecule has 1 rings (SSSR count). The zero-order chi connectivity index (χ0) is 16.7. The summed E-state index contributed by atoms with van der Waals surface area (Å²) in [6.45, 7) is 1.44. The van der Waals surface area contributed by atoms with Gasteiger partial charge in [0, 0.05) is 18.4 Å². The topological polar surface area (TPSA) is 150 Å². The second-order valence-electron chi connectivity index (χ2n) is 4.68. The minimum Gasteiger partial charge on any atom is -0.480 e. The Kier molecular flexibility index (Phi) is 6.86. The van der Waals surface area contributed by atoms with Crippen LogP contribution in [0.25, 0.3) is 0 Å². The van der Waals surface area contributed by atoms with Crippen molar-refractivity contribution in [3.63, 3.8) is 0 Å². The van der Waals surface area contributed by atoms with Gasteiger partial charge in [0.15, 0.2) is 0 Å². The van der Waals surface area contributed by atoms with Crippen molar-refractivity contribution in [2.75, 3.05) is 5.75 Å². The normalized spacial score (nSPS) is 14.7. The fourth-order valence-corrected chi connectivity index (χ4v) is 1.74. The van der Waals surface area contributed by atoms with Crippen molar-refractivity contribution in [3.05, 3.63) is 18.2 Å². The molecule has 0 unspecified atom stereocenters. The van der Waals surface area contributed by atoms with E-state index in [0.29, 0.717) is 5.69 Å². The molecule has 0 saturated carbocycles. The molecule has 1 aromatic rings. The molecule has 0 saturated heterocycles. The second-order valence-corrected chi connectivity index (χ2v) is 5.05. The van der Waals surface area contributed by atoms with E-state index in [-0.39, 0.29) is 12.2 Å². The fourth-order valence-electron chi connectivity index (χ4n) is 1.58. The van der Waals surface area contributed by atoms with E-state index in [9.17, 15) is 14.4 Å². The summed E-state index contributed by atoms with van der Waals surface area (Å²) < 4.78 is 0. The predicted octanol–water partition coefficient (Wildman–Crippen LogP) is -1.72. The van der Waals surface area contributed by atoms with Crippen LogP contribution < -0.4 is 16.4 Å². The molecule has 122 valence electrons. The maximum atomic E-state index is 12.0. The molecule has 10 heteroatoms. The lowest BCUT2D eigenvalue weighted by molar-refractivity contribution is -0.142. The zero-order valence-corrected chi connectivity index (χ0v) is 12.8. The summed E-state index contributed by atoms with van der Waals surface area (Å²) in [4.78, 5) is 41.3. The summed E-state index contributed by atoms with van der Waals surface area (Å²) in [5.41, 5.74) is 5.98. The van der Waals surface area contributed by atoms with Crippen LogP contribution in [0.3, 0.4) is 0 Å². The van der Waals surface area contributed by atoms with Crippen molar-refractivity contribution in [1.82, 2.24) is 20.6 Å². The van der Waals surface area contributed by atoms with Crippen LogP contribution in [0.5, 0.6) is 0 Å². The Labute approximate surface area is 132 Å². The molecule has 2 amide bonds. The molecule has 9 nitrogen and oxygen atoms in total. The van der Waals surface area contributed by atoms with Gasteiger partial charge < -0.3 is 26.5 Å². The number of nitrogens with zero attached hydrogens (tertiary/aromatic N) is 1. The first-order valence-corrected chi connectivity index (χ1v) is 7.16. The number of aliphatic carboxylic acids is 1. The van der Waals surface area contributed by atoms with Crippen LogP contribution in [-0.2, 0) is 20.8 Å². The average Bonchev–Trinajstić information content (AvgIpc) is 2.98. The number of carbonyl (C=O) groups is 3. The van der Waals surface area contributed by atoms with Crippen LogP contribution in [0.15, 0.2) is 12.5 Å². The van der Waals surface area contributed by atoms with E-state index < -0.39 is 35.9 Å². The number of rotatable bonds is 8. The molecule has 1 aromatic heterocycles. The number of H-pyrrole nitrogens is 1. The van der Waals surface area contributed by atoms with Crippen molar-refractivity contribution < 1.29 is 19.5 Å². The highest BCUT2D eigenvalue weighted by Crippen LogP contribution is 2.00. The first kappa shape index (κ1) is 18.0. The van der Waals surface area contributed by atoms with E-state index in [1.54, 1.807) is 6.20 Å². The largest absolute Gasteiger partial charge is 0.480 e. The predicted molar refractivity (Wildman–Crippen MR) is 81.3 cm³/mol. The van der Waals surface area contributed by atoms with E-state index in [1.165, 1.54) is 13.3 Å². The van der Waals surface area contributed by atoms with E-state index in [4.69, 9.17) is 10.8 Å². The fraction of sp³-hybridized carbons (Fsp3) is 0.500. The smallest absolute Gasteiger partial charge is 0.326 e. The average molecular weight is 329 g/mol. The summed E-state index contributed by atoms with van der Waals surface area (Å²) in [6, 6.07) is -2.90. The lowest BCUT2D eigenvalue weighted by Crippen LogP contribution is -2.54. The summed E-state index contributed by atoms with van der Waals surface area (Å²) in [6.07, 6.45) is 2.98. The van der Waals surface area contributed by atoms with Gasteiger partial charge in [-0.1, -0.05) is 0 Å². The van der Waals surface area contributed by atoms with Gasteiger partial charge in [0.25, 0.3) is 0 Å². The summed E-state index contributed by atoms with van der Waals surface area (Å²) >= 11 is 3.89. The van der Waals surface area contributed by atoms with Gasteiger partial charge in [-0.25, -0.2) is 9.78 Å². The number of thiol groups is 1. The third kappa shape index (κ3) is 5.37. The number of amides is 2. The highest BCUT2D eigenvalue weighted by Gasteiger charge is 2.25. The molecule has 0 aliphatic rings. The number of carboxylic acids is 1. The minimum atomic E-state index is -1.19. The molecule has 1 heterocycles. The van der Waals surface area contributed by atoms with E-state index >= 15 is 0 Å². The van der Waals surface area contributed by atoms with Crippen molar-refractivity contribution in [3.8, 4) is 0 Å². The molecule has 0 aliphatic carbocycles. The lowest BCUT2D eigenvalue weighted by Gasteiger charge is -2.19. The summed E-state index contributed by atoms with van der Waals surface area (Å²) in [5, 5.41) is 13.9. The lowest BCUT2D eigenvalue weighted by atomic mass is 10.1. The molecular formula is C12H19N5O4S. The number of carbonyl (C=O) groups excluding carboxylic acids is 2. The van der Waals surface area contributed by atoms with Crippen LogP contribution in [0.1, 0.15) is 12.6 Å². The number of nitrogens with two attached hydrogens (primary N) is 1. The van der Waals surface area contributed by atoms with Crippen LogP contribution in [0.2, 0.25) is 0 Å². The van der Waals surface area contributed by atoms with Crippen molar-refractivity contribution in [2.45, 2.75) is 31.5 Å². The first-order chi connectivity index (χ1) is 10.3. The standard InChI is InChI=1S/C12H19N5O4S/c1-6(16-11(19)8(13)4-22)10(18)17-9(12(20)21)2-7-3-14-5-15-7/h3,5-6,8-9,22H,2,4,13H2,1H3,(H,14,15)(H,16,19)(H,17,18)(H,20,21)/t6-,8-,9-/m0/s1. The molecule has 0 radical (unpaired) electrons. The molecule has 0 bridgehead atoms. The molecule has 6 N–H and O–H groups in total. The van der Waals surface area contributed by atoms with Gasteiger partial charge in [-0.15, -0.1) is 0 Å². The van der Waals surface area contributed by atoms with Gasteiger partial charge in [-0.2, -0.15) is 12.6 Å². The Bertz CT molecular complexity index is 522. The van der Waals surface area contributed by atoms with Crippen molar-refractivity contribution >= 4 is 30.4 Å². The minimum absolute atomic E-state index is 0.0292. The maximum absolute atomic E-state index is 12.0. The number of hydrogen-bond donors (Lipinski definition) is 6. The Morgan fingerprint density at radius 2 is 2.09 bits per heavy atom. The SMILES string of the molecule is C[C@H](NC(=O)[C@@H](N)CS)C(=O)N[C@@H](Cc1c[nH]cn1)C(=O)O. The zero-order valence-electron chi connectivity index (χ0n) is 11.9. The number of aromatic nitrogens is 2. The van der Waals surface area contributed by atoms with E-state index in [0.717, 1.165) is 0 Å². The highest BCUT2D eigenvalue weighted by molar-refractivity contribution is 7.80. The number of aromatic amines is 1. The Morgan fingerprint density at radius 1 is 1.41 bits per heavy atom. The third-order valence-corrected chi connectivity index (χ3v) is 3.26. The summed E-state index contributed by atoms with van der Waals surface area (Å²) in [5.74, 6) is -2.21. The Hall–Kier alpha value is -2.07. The molecule has 0 fully saturated rings. The van der Waals surface area contributed by atoms with Gasteiger partial charge in [0.1, 0.15) is 12.1 Å². The third-order valence-electron chi connectivity index (χ3n) is 2.87. The van der Waals surface area contributed by atoms with Gasteiger partial charge in [-0.05, 0) is 6.92 Å². The molecule has 3 atom stereocenters. The van der Waals surface area contributed by atoms with Gasteiger partial charge in [-0.3, -0.25) is 9.59 Å². The van der Waals surface area contributed by atoms with E-state index in [2.05, 4.69) is 33.2 Å². The quantitative estimate of drug-likeness (QED) is 0.312. The van der Waals surface area contributed by atoms with Gasteiger partial charge >= 0.3 is 5.97 Å². The number of hydrogen-bond acceptors (Lipinski definition) is 6. The van der Waals surface area contributed by atoms with Crippen LogP contribution in [0, 0.1) is 0 Å². The van der Waals surface area contributed by atoms with Crippen molar-refractivity contribution in [2.24, 2.45) is 5.73 Å². The molecule has 0 aliphatic heterocycles. The van der Waals surface area contributed by atoms with Crippen LogP contribution in [-0.4, -0.2) is 56.7 Å². The van der Waals surface area contributed by atoms with Crippen LogP contribution in [0.4, 0.5) is 0 Å². The van der Waals surface area contributed by atoms with E-state index in [1.807, 2.05) is 0 Å². The Morgan fingerprint density at radius 3 is 2.59 bits per heavy atom. The Balaban J connectivity index is 2.59. The number of carboxylic acid groups (broad SMARTS) is 1. The number of nitrogens with one attached hydrogen (secondary N) is 3. The summed E-state index contributed by atoms with van der Waals surface area (Å²) in [7, 11) is 0. The molecular weight excluding hydrogens is 310 g/mol. The maximum Gasteiger partial charge on any atom is 0.326 e.